The van der Waals surface area contributed by atoms with Crippen molar-refractivity contribution in [2.24, 2.45) is 0 Å². The molecule has 2 aromatic carbocycles. The smallest absolute Gasteiger partial charge is 0.243 e. The van der Waals surface area contributed by atoms with Crippen LogP contribution in [0.4, 0.5) is 0 Å². The summed E-state index contributed by atoms with van der Waals surface area (Å²) >= 11 is 0. The maximum atomic E-state index is 13.1. The Bertz CT molecular complexity index is 831. The monoisotopic (exact) mass is 375 g/mol. The molecule has 0 spiro atoms. The minimum Gasteiger partial charge on any atom is -0.494 e. The van der Waals surface area contributed by atoms with Crippen molar-refractivity contribution in [1.29, 1.82) is 0 Å². The molecule has 0 aromatic heterocycles. The first kappa shape index (κ1) is 18.9. The first-order valence-corrected chi connectivity index (χ1v) is 10.3. The van der Waals surface area contributed by atoms with Crippen molar-refractivity contribution in [3.8, 4) is 5.75 Å². The van der Waals surface area contributed by atoms with Crippen LogP contribution in [0.1, 0.15) is 31.1 Å². The fraction of sp³-hybridized carbons (Fsp3) is 0.400. The van der Waals surface area contributed by atoms with Gasteiger partial charge in [0.05, 0.1) is 23.7 Å². The summed E-state index contributed by atoms with van der Waals surface area (Å²) in [6.07, 6.45) is -0.440. The molecule has 6 heteroatoms. The van der Waals surface area contributed by atoms with Gasteiger partial charge in [-0.2, -0.15) is 4.31 Å². The van der Waals surface area contributed by atoms with Gasteiger partial charge in [-0.1, -0.05) is 29.8 Å². The molecule has 0 amide bonds. The summed E-state index contributed by atoms with van der Waals surface area (Å²) < 4.78 is 39.0. The number of nitrogens with zero attached hydrogens (tertiary/aromatic N) is 1. The Kier molecular flexibility index (Phi) is 5.65. The van der Waals surface area contributed by atoms with Crippen LogP contribution in [0.15, 0.2) is 53.4 Å². The van der Waals surface area contributed by atoms with Crippen molar-refractivity contribution >= 4 is 10.0 Å². The van der Waals surface area contributed by atoms with E-state index in [1.165, 1.54) is 4.31 Å². The van der Waals surface area contributed by atoms with Gasteiger partial charge in [0, 0.05) is 13.1 Å². The summed E-state index contributed by atoms with van der Waals surface area (Å²) in [6.45, 7) is 7.02. The number of morpholine rings is 1. The summed E-state index contributed by atoms with van der Waals surface area (Å²) in [4.78, 5) is 0.276. The number of ether oxygens (including phenoxy) is 2. The summed E-state index contributed by atoms with van der Waals surface area (Å²) in [5.74, 6) is 0.666. The Hall–Kier alpha value is -1.89. The highest BCUT2D eigenvalue weighted by atomic mass is 32.2. The number of hydrogen-bond donors (Lipinski definition) is 0. The third-order valence-corrected chi connectivity index (χ3v) is 6.29. The van der Waals surface area contributed by atoms with Crippen LogP contribution in [0.2, 0.25) is 0 Å². The Morgan fingerprint density at radius 2 is 1.73 bits per heavy atom. The molecule has 1 saturated heterocycles. The maximum Gasteiger partial charge on any atom is 0.243 e. The first-order chi connectivity index (χ1) is 12.4. The number of aryl methyl sites for hydroxylation is 1. The van der Waals surface area contributed by atoms with E-state index in [-0.39, 0.29) is 17.1 Å². The van der Waals surface area contributed by atoms with Crippen molar-refractivity contribution in [1.82, 2.24) is 4.31 Å². The second-order valence-electron chi connectivity index (χ2n) is 6.57. The van der Waals surface area contributed by atoms with Gasteiger partial charge in [-0.3, -0.25) is 0 Å². The molecule has 2 atom stereocenters. The third-order valence-electron chi connectivity index (χ3n) is 4.45. The SMILES string of the molecule is CCOc1ccc(S(=O)(=O)N2CC(C)OC(c3ccc(C)cc3)C2)cc1. The molecule has 0 aliphatic carbocycles. The van der Waals surface area contributed by atoms with Gasteiger partial charge in [-0.15, -0.1) is 0 Å². The topological polar surface area (TPSA) is 55.8 Å². The molecule has 0 saturated carbocycles. The molecule has 1 heterocycles. The molecule has 26 heavy (non-hydrogen) atoms. The predicted octanol–water partition coefficient (Wildman–Crippen LogP) is 3.54. The molecule has 1 fully saturated rings. The second kappa shape index (κ2) is 7.78. The molecule has 2 aromatic rings. The Balaban J connectivity index is 1.83. The van der Waals surface area contributed by atoms with Gasteiger partial charge < -0.3 is 9.47 Å². The van der Waals surface area contributed by atoms with Gasteiger partial charge in [0.25, 0.3) is 0 Å². The van der Waals surface area contributed by atoms with Gasteiger partial charge in [-0.05, 0) is 50.6 Å². The average Bonchev–Trinajstić information content (AvgIpc) is 2.62. The summed E-state index contributed by atoms with van der Waals surface area (Å²) in [5, 5.41) is 0. The lowest BCUT2D eigenvalue weighted by molar-refractivity contribution is -0.0557. The highest BCUT2D eigenvalue weighted by molar-refractivity contribution is 7.89. The first-order valence-electron chi connectivity index (χ1n) is 8.85. The van der Waals surface area contributed by atoms with Crippen LogP contribution in [-0.2, 0) is 14.8 Å². The lowest BCUT2D eigenvalue weighted by atomic mass is 10.1. The molecule has 1 aliphatic heterocycles. The number of sulfonamides is 1. The molecule has 0 radical (unpaired) electrons. The van der Waals surface area contributed by atoms with Crippen LogP contribution in [0.3, 0.4) is 0 Å². The summed E-state index contributed by atoms with van der Waals surface area (Å²) in [6, 6.07) is 14.6. The fourth-order valence-electron chi connectivity index (χ4n) is 3.10. The lowest BCUT2D eigenvalue weighted by Crippen LogP contribution is -2.45. The van der Waals surface area contributed by atoms with E-state index in [9.17, 15) is 8.42 Å². The van der Waals surface area contributed by atoms with E-state index in [1.54, 1.807) is 24.3 Å². The quantitative estimate of drug-likeness (QED) is 0.802. The number of benzene rings is 2. The van der Waals surface area contributed by atoms with E-state index in [2.05, 4.69) is 0 Å². The molecular formula is C20H25NO4S. The average molecular weight is 375 g/mol. The highest BCUT2D eigenvalue weighted by Crippen LogP contribution is 2.29. The predicted molar refractivity (Wildman–Crippen MR) is 101 cm³/mol. The zero-order valence-corrected chi connectivity index (χ0v) is 16.2. The van der Waals surface area contributed by atoms with E-state index in [0.717, 1.165) is 11.1 Å². The highest BCUT2D eigenvalue weighted by Gasteiger charge is 2.34. The zero-order chi connectivity index (χ0) is 18.7. The van der Waals surface area contributed by atoms with Crippen molar-refractivity contribution in [2.45, 2.75) is 37.9 Å². The largest absolute Gasteiger partial charge is 0.494 e. The molecule has 0 bridgehead atoms. The Morgan fingerprint density at radius 3 is 2.35 bits per heavy atom. The lowest BCUT2D eigenvalue weighted by Gasteiger charge is -2.36. The van der Waals surface area contributed by atoms with Crippen LogP contribution in [0, 0.1) is 6.92 Å². The molecule has 1 aliphatic rings. The van der Waals surface area contributed by atoms with E-state index < -0.39 is 10.0 Å². The molecule has 0 N–H and O–H groups in total. The van der Waals surface area contributed by atoms with Crippen LogP contribution < -0.4 is 4.74 Å². The molecule has 3 rings (SSSR count). The summed E-state index contributed by atoms with van der Waals surface area (Å²) in [5.41, 5.74) is 2.16. The van der Waals surface area contributed by atoms with Crippen molar-refractivity contribution in [3.05, 3.63) is 59.7 Å². The molecule has 5 nitrogen and oxygen atoms in total. The Labute approximate surface area is 155 Å². The van der Waals surface area contributed by atoms with Crippen LogP contribution in [0.5, 0.6) is 5.75 Å². The van der Waals surface area contributed by atoms with Gasteiger partial charge in [0.1, 0.15) is 5.75 Å². The van der Waals surface area contributed by atoms with Crippen molar-refractivity contribution < 1.29 is 17.9 Å². The number of rotatable bonds is 5. The molecule has 2 unspecified atom stereocenters. The minimum atomic E-state index is -3.58. The molecule has 140 valence electrons. The normalized spacial score (nSPS) is 21.5. The van der Waals surface area contributed by atoms with Crippen LogP contribution in [0.25, 0.3) is 0 Å². The Morgan fingerprint density at radius 1 is 1.08 bits per heavy atom. The summed E-state index contributed by atoms with van der Waals surface area (Å²) in [7, 11) is -3.58. The van der Waals surface area contributed by atoms with E-state index in [1.807, 2.05) is 45.0 Å². The second-order valence-corrected chi connectivity index (χ2v) is 8.51. The minimum absolute atomic E-state index is 0.174. The van der Waals surface area contributed by atoms with Crippen LogP contribution >= 0.6 is 0 Å². The van der Waals surface area contributed by atoms with Gasteiger partial charge in [0.15, 0.2) is 0 Å². The van der Waals surface area contributed by atoms with E-state index >= 15 is 0 Å². The maximum absolute atomic E-state index is 13.1. The van der Waals surface area contributed by atoms with Gasteiger partial charge >= 0.3 is 0 Å². The molecular weight excluding hydrogens is 350 g/mol. The zero-order valence-electron chi connectivity index (χ0n) is 15.4. The van der Waals surface area contributed by atoms with Crippen LogP contribution in [-0.4, -0.2) is 38.5 Å². The van der Waals surface area contributed by atoms with E-state index in [4.69, 9.17) is 9.47 Å². The van der Waals surface area contributed by atoms with Gasteiger partial charge in [0.2, 0.25) is 10.0 Å². The van der Waals surface area contributed by atoms with Crippen molar-refractivity contribution in [2.75, 3.05) is 19.7 Å². The van der Waals surface area contributed by atoms with Crippen molar-refractivity contribution in [3.63, 3.8) is 0 Å². The number of hydrogen-bond acceptors (Lipinski definition) is 4. The standard InChI is InChI=1S/C20H25NO4S/c1-4-24-18-9-11-19(12-10-18)26(22,23)21-13-16(3)25-20(14-21)17-7-5-15(2)6-8-17/h5-12,16,20H,4,13-14H2,1-3H3. The van der Waals surface area contributed by atoms with E-state index in [0.29, 0.717) is 25.4 Å². The van der Waals surface area contributed by atoms with Gasteiger partial charge in [-0.25, -0.2) is 8.42 Å². The fourth-order valence-corrected chi connectivity index (χ4v) is 4.61. The third kappa shape index (κ3) is 4.09.